The molecule has 1 amide bonds. The van der Waals surface area contributed by atoms with E-state index in [0.29, 0.717) is 17.3 Å². The van der Waals surface area contributed by atoms with Gasteiger partial charge in [-0.05, 0) is 48.9 Å². The van der Waals surface area contributed by atoms with E-state index in [0.717, 1.165) is 51.5 Å². The van der Waals surface area contributed by atoms with Crippen LogP contribution in [0.3, 0.4) is 0 Å². The minimum Gasteiger partial charge on any atom is -0.484 e. The molecule has 0 radical (unpaired) electrons. The number of hydrogen-bond acceptors (Lipinski definition) is 5. The maximum atomic E-state index is 13.4. The van der Waals surface area contributed by atoms with Gasteiger partial charge in [0.05, 0.1) is 13.2 Å². The highest BCUT2D eigenvalue weighted by Gasteiger charge is 2.35. The largest absolute Gasteiger partial charge is 0.484 e. The summed E-state index contributed by atoms with van der Waals surface area (Å²) in [5, 5.41) is 0.630. The Morgan fingerprint density at radius 1 is 1.09 bits per heavy atom. The Hall–Kier alpha value is -2.19. The van der Waals surface area contributed by atoms with Crippen LogP contribution in [0.4, 0.5) is 4.39 Å². The second-order valence-electron chi connectivity index (χ2n) is 8.76. The highest BCUT2D eigenvalue weighted by atomic mass is 35.5. The number of piperazine rings is 1. The zero-order valence-electron chi connectivity index (χ0n) is 19.0. The van der Waals surface area contributed by atoms with Gasteiger partial charge < -0.3 is 14.4 Å². The maximum absolute atomic E-state index is 13.4. The molecule has 2 aliphatic rings. The Morgan fingerprint density at radius 2 is 1.79 bits per heavy atom. The molecule has 2 saturated heterocycles. The van der Waals surface area contributed by atoms with E-state index in [9.17, 15) is 9.18 Å². The maximum Gasteiger partial charge on any atom is 0.260 e. The predicted octanol–water partition coefficient (Wildman–Crippen LogP) is 3.29. The molecule has 33 heavy (non-hydrogen) atoms. The van der Waals surface area contributed by atoms with Crippen molar-refractivity contribution in [2.45, 2.75) is 25.6 Å². The van der Waals surface area contributed by atoms with Gasteiger partial charge >= 0.3 is 0 Å². The molecular formula is C25H31ClFN3O3. The molecular weight excluding hydrogens is 445 g/mol. The number of carbonyl (C=O) groups is 1. The van der Waals surface area contributed by atoms with Crippen molar-refractivity contribution in [2.75, 3.05) is 52.5 Å². The molecule has 2 fully saturated rings. The van der Waals surface area contributed by atoms with Crippen LogP contribution >= 0.6 is 11.6 Å². The fourth-order valence-corrected chi connectivity index (χ4v) is 4.61. The van der Waals surface area contributed by atoms with Crippen LogP contribution in [0.25, 0.3) is 0 Å². The molecule has 0 aromatic heterocycles. The lowest BCUT2D eigenvalue weighted by Gasteiger charge is -2.47. The number of morpholine rings is 1. The van der Waals surface area contributed by atoms with Crippen molar-refractivity contribution in [3.05, 3.63) is 64.9 Å². The van der Waals surface area contributed by atoms with Crippen molar-refractivity contribution in [3.63, 3.8) is 0 Å². The molecule has 0 aliphatic carbocycles. The summed E-state index contributed by atoms with van der Waals surface area (Å²) in [5.41, 5.74) is 1.07. The average Bonchev–Trinajstić information content (AvgIpc) is 2.82. The predicted molar refractivity (Wildman–Crippen MR) is 126 cm³/mol. The van der Waals surface area contributed by atoms with Crippen molar-refractivity contribution < 1.29 is 18.7 Å². The molecule has 2 heterocycles. The van der Waals surface area contributed by atoms with Crippen LogP contribution < -0.4 is 4.74 Å². The fourth-order valence-electron chi connectivity index (χ4n) is 4.49. The number of carbonyl (C=O) groups excluding carboxylic acids is 1. The number of hydrogen-bond donors (Lipinski definition) is 0. The van der Waals surface area contributed by atoms with Crippen molar-refractivity contribution in [2.24, 2.45) is 0 Å². The van der Waals surface area contributed by atoms with E-state index in [-0.39, 0.29) is 30.4 Å². The third-order valence-corrected chi connectivity index (χ3v) is 6.57. The van der Waals surface area contributed by atoms with Crippen LogP contribution in [0.1, 0.15) is 12.5 Å². The Kier molecular flexibility index (Phi) is 8.20. The standard InChI is InChI=1S/C25H31ClFN3O3/c1-19-14-29(15-20-2-6-22(27)7-3-20)23(16-28-10-12-32-13-11-28)17-30(19)25(31)18-33-24-8-4-21(26)5-9-24/h2-9,19,23H,10-18H2,1H3/t19-,23+/m1/s1. The van der Waals surface area contributed by atoms with E-state index >= 15 is 0 Å². The molecule has 4 rings (SSSR count). The minimum atomic E-state index is -0.229. The monoisotopic (exact) mass is 475 g/mol. The molecule has 2 aliphatic heterocycles. The van der Waals surface area contributed by atoms with Gasteiger partial charge in [-0.25, -0.2) is 4.39 Å². The summed E-state index contributed by atoms with van der Waals surface area (Å²) >= 11 is 5.92. The summed E-state index contributed by atoms with van der Waals surface area (Å²) in [5.74, 6) is 0.374. The van der Waals surface area contributed by atoms with Crippen LogP contribution in [0.2, 0.25) is 5.02 Å². The Labute approximate surface area is 199 Å². The minimum absolute atomic E-state index is 0.00575. The number of halogens is 2. The van der Waals surface area contributed by atoms with Crippen LogP contribution in [0.5, 0.6) is 5.75 Å². The summed E-state index contributed by atoms with van der Waals surface area (Å²) in [6.07, 6.45) is 0. The Morgan fingerprint density at radius 3 is 2.48 bits per heavy atom. The van der Waals surface area contributed by atoms with Gasteiger partial charge in [-0.15, -0.1) is 0 Å². The highest BCUT2D eigenvalue weighted by molar-refractivity contribution is 6.30. The molecule has 8 heteroatoms. The van der Waals surface area contributed by atoms with E-state index in [4.69, 9.17) is 21.1 Å². The van der Waals surface area contributed by atoms with E-state index < -0.39 is 0 Å². The first-order valence-corrected chi connectivity index (χ1v) is 11.8. The van der Waals surface area contributed by atoms with E-state index in [2.05, 4.69) is 16.7 Å². The fraction of sp³-hybridized carbons (Fsp3) is 0.480. The normalized spacial score (nSPS) is 22.3. The molecule has 2 aromatic rings. The number of nitrogens with zero attached hydrogens (tertiary/aromatic N) is 3. The van der Waals surface area contributed by atoms with Gasteiger partial charge in [0.25, 0.3) is 5.91 Å². The quantitative estimate of drug-likeness (QED) is 0.615. The van der Waals surface area contributed by atoms with Crippen LogP contribution in [0.15, 0.2) is 48.5 Å². The Bertz CT molecular complexity index is 906. The zero-order valence-corrected chi connectivity index (χ0v) is 19.7. The molecule has 0 spiro atoms. The smallest absolute Gasteiger partial charge is 0.260 e. The van der Waals surface area contributed by atoms with Crippen LogP contribution in [-0.4, -0.2) is 85.2 Å². The molecule has 0 bridgehead atoms. The summed E-state index contributed by atoms with van der Waals surface area (Å²) in [6, 6.07) is 13.9. The summed E-state index contributed by atoms with van der Waals surface area (Å²) < 4.78 is 24.6. The number of amides is 1. The first-order valence-electron chi connectivity index (χ1n) is 11.4. The van der Waals surface area contributed by atoms with Gasteiger partial charge in [0, 0.05) is 56.4 Å². The van der Waals surface area contributed by atoms with Gasteiger partial charge in [0.2, 0.25) is 0 Å². The lowest BCUT2D eigenvalue weighted by atomic mass is 10.0. The molecule has 2 atom stereocenters. The number of ether oxygens (including phenoxy) is 2. The summed E-state index contributed by atoms with van der Waals surface area (Å²) in [4.78, 5) is 19.8. The highest BCUT2D eigenvalue weighted by Crippen LogP contribution is 2.21. The molecule has 6 nitrogen and oxygen atoms in total. The first kappa shape index (κ1) is 24.0. The molecule has 178 valence electrons. The van der Waals surface area contributed by atoms with E-state index in [1.165, 1.54) is 12.1 Å². The zero-order chi connectivity index (χ0) is 23.2. The lowest BCUT2D eigenvalue weighted by Crippen LogP contribution is -2.62. The van der Waals surface area contributed by atoms with Crippen molar-refractivity contribution >= 4 is 17.5 Å². The summed E-state index contributed by atoms with van der Waals surface area (Å²) in [6.45, 7) is 8.28. The van der Waals surface area contributed by atoms with Gasteiger partial charge in [0.15, 0.2) is 6.61 Å². The molecule has 2 aromatic carbocycles. The third-order valence-electron chi connectivity index (χ3n) is 6.32. The second-order valence-corrected chi connectivity index (χ2v) is 9.20. The van der Waals surface area contributed by atoms with Crippen molar-refractivity contribution in [1.29, 1.82) is 0 Å². The Balaban J connectivity index is 1.42. The van der Waals surface area contributed by atoms with Gasteiger partial charge in [0.1, 0.15) is 11.6 Å². The van der Waals surface area contributed by atoms with Gasteiger partial charge in [-0.3, -0.25) is 14.6 Å². The van der Waals surface area contributed by atoms with Crippen LogP contribution in [-0.2, 0) is 16.1 Å². The molecule has 0 N–H and O–H groups in total. The van der Waals surface area contributed by atoms with Gasteiger partial charge in [-0.1, -0.05) is 23.7 Å². The second kappa shape index (κ2) is 11.3. The lowest BCUT2D eigenvalue weighted by molar-refractivity contribution is -0.140. The van der Waals surface area contributed by atoms with E-state index in [1.807, 2.05) is 17.0 Å². The van der Waals surface area contributed by atoms with Gasteiger partial charge in [-0.2, -0.15) is 0 Å². The summed E-state index contributed by atoms with van der Waals surface area (Å²) in [7, 11) is 0. The topological polar surface area (TPSA) is 45.2 Å². The number of benzene rings is 2. The van der Waals surface area contributed by atoms with Crippen LogP contribution in [0, 0.1) is 5.82 Å². The first-order chi connectivity index (χ1) is 16.0. The van der Waals surface area contributed by atoms with Crippen molar-refractivity contribution in [3.8, 4) is 5.75 Å². The van der Waals surface area contributed by atoms with E-state index in [1.54, 1.807) is 24.3 Å². The third kappa shape index (κ3) is 6.67. The number of rotatable bonds is 7. The van der Waals surface area contributed by atoms with Crippen molar-refractivity contribution in [1.82, 2.24) is 14.7 Å². The average molecular weight is 476 g/mol. The molecule has 0 unspecified atom stereocenters. The SMILES string of the molecule is C[C@@H]1CN(Cc2ccc(F)cc2)[C@@H](CN2CCOCC2)CN1C(=O)COc1ccc(Cl)cc1. The molecule has 0 saturated carbocycles.